The van der Waals surface area contributed by atoms with Gasteiger partial charge >= 0.3 is 6.18 Å². The maximum absolute atomic E-state index is 12.5. The number of carbonyl (C=O) groups is 1. The molecule has 20 heavy (non-hydrogen) atoms. The lowest BCUT2D eigenvalue weighted by atomic mass is 9.81. The zero-order valence-electron chi connectivity index (χ0n) is 11.9. The maximum Gasteiger partial charge on any atom is 0.416 e. The minimum absolute atomic E-state index is 0.142. The molecule has 0 saturated carbocycles. The van der Waals surface area contributed by atoms with Gasteiger partial charge in [0, 0.05) is 13.5 Å². The Morgan fingerprint density at radius 1 is 1.15 bits per heavy atom. The number of halogens is 3. The highest BCUT2D eigenvalue weighted by Gasteiger charge is 2.31. The second-order valence-electron chi connectivity index (χ2n) is 5.21. The Morgan fingerprint density at radius 3 is 2.00 bits per heavy atom. The fourth-order valence-electron chi connectivity index (χ4n) is 1.80. The van der Waals surface area contributed by atoms with Crippen LogP contribution >= 0.6 is 0 Å². The normalized spacial score (nSPS) is 12.3. The molecule has 6 heteroatoms. The fourth-order valence-corrected chi connectivity index (χ4v) is 1.80. The number of carbonyl (C=O) groups excluding carboxylic acids is 1. The Labute approximate surface area is 116 Å². The van der Waals surface area contributed by atoms with Crippen molar-refractivity contribution in [3.05, 3.63) is 35.4 Å². The Hall–Kier alpha value is -1.56. The van der Waals surface area contributed by atoms with Crippen LogP contribution in [0.5, 0.6) is 0 Å². The molecule has 1 aromatic rings. The largest absolute Gasteiger partial charge is 0.416 e. The van der Waals surface area contributed by atoms with Crippen LogP contribution in [0.15, 0.2) is 24.3 Å². The average Bonchev–Trinajstić information content (AvgIpc) is 2.36. The topological polar surface area (TPSA) is 29.5 Å². The number of hydrogen-bond acceptors (Lipinski definition) is 2. The van der Waals surface area contributed by atoms with E-state index in [1.54, 1.807) is 13.8 Å². The van der Waals surface area contributed by atoms with Crippen molar-refractivity contribution < 1.29 is 22.8 Å². The van der Waals surface area contributed by atoms with Gasteiger partial charge in [-0.05, 0) is 23.1 Å². The predicted octanol–water partition coefficient (Wildman–Crippen LogP) is 3.39. The first kappa shape index (κ1) is 16.5. The first-order valence-electron chi connectivity index (χ1n) is 6.06. The minimum atomic E-state index is -4.35. The summed E-state index contributed by atoms with van der Waals surface area (Å²) in [6.45, 7) is 3.61. The number of alkyl halides is 3. The van der Waals surface area contributed by atoms with Crippen LogP contribution in [0.2, 0.25) is 0 Å². The molecule has 0 aliphatic rings. The van der Waals surface area contributed by atoms with Crippen molar-refractivity contribution in [3.8, 4) is 0 Å². The average molecular weight is 289 g/mol. The molecule has 0 atom stereocenters. The van der Waals surface area contributed by atoms with Crippen LogP contribution in [0.4, 0.5) is 13.2 Å². The van der Waals surface area contributed by atoms with E-state index in [0.29, 0.717) is 5.56 Å². The molecule has 0 aliphatic carbocycles. The van der Waals surface area contributed by atoms with Crippen molar-refractivity contribution in [2.45, 2.75) is 31.9 Å². The number of rotatable bonds is 4. The van der Waals surface area contributed by atoms with Crippen molar-refractivity contribution in [3.63, 3.8) is 0 Å². The van der Waals surface area contributed by atoms with E-state index in [9.17, 15) is 18.0 Å². The first-order valence-corrected chi connectivity index (χ1v) is 6.06. The van der Waals surface area contributed by atoms with Gasteiger partial charge in [0.2, 0.25) is 5.91 Å². The van der Waals surface area contributed by atoms with E-state index in [0.717, 1.165) is 17.2 Å². The summed E-state index contributed by atoms with van der Waals surface area (Å²) in [4.78, 5) is 16.6. The number of benzene rings is 1. The fraction of sp³-hybridized carbons (Fsp3) is 0.500. The molecule has 0 radical (unpaired) electrons. The third-order valence-electron chi connectivity index (χ3n) is 3.21. The summed E-state index contributed by atoms with van der Waals surface area (Å²) < 4.78 is 37.5. The van der Waals surface area contributed by atoms with Gasteiger partial charge in [-0.3, -0.25) is 9.63 Å². The summed E-state index contributed by atoms with van der Waals surface area (Å²) >= 11 is 0. The summed E-state index contributed by atoms with van der Waals surface area (Å²) in [7, 11) is 2.87. The smallest absolute Gasteiger partial charge is 0.275 e. The van der Waals surface area contributed by atoms with Gasteiger partial charge in [-0.15, -0.1) is 0 Å². The Balaban J connectivity index is 2.90. The number of hydrogen-bond donors (Lipinski definition) is 0. The van der Waals surface area contributed by atoms with Gasteiger partial charge in [-0.25, -0.2) is 5.06 Å². The van der Waals surface area contributed by atoms with E-state index in [-0.39, 0.29) is 12.3 Å². The molecule has 1 aromatic carbocycles. The second-order valence-corrected chi connectivity index (χ2v) is 5.21. The molecule has 0 saturated heterocycles. The quantitative estimate of drug-likeness (QED) is 0.795. The number of hydroxylamine groups is 2. The Kier molecular flexibility index (Phi) is 4.81. The maximum atomic E-state index is 12.5. The third kappa shape index (κ3) is 3.96. The van der Waals surface area contributed by atoms with Crippen molar-refractivity contribution >= 4 is 5.91 Å². The molecule has 112 valence electrons. The highest BCUT2D eigenvalue weighted by molar-refractivity contribution is 5.76. The standard InChI is InChI=1S/C14H18F3NO2/c1-13(2,9-12(19)18(3)20-4)10-5-7-11(8-6-10)14(15,16)17/h5-8H,9H2,1-4H3. The summed E-state index contributed by atoms with van der Waals surface area (Å²) in [5.74, 6) is -0.239. The second kappa shape index (κ2) is 5.83. The van der Waals surface area contributed by atoms with Crippen LogP contribution < -0.4 is 0 Å². The summed E-state index contributed by atoms with van der Waals surface area (Å²) in [5, 5.41) is 1.10. The van der Waals surface area contributed by atoms with Crippen LogP contribution in [0.1, 0.15) is 31.4 Å². The van der Waals surface area contributed by atoms with Gasteiger partial charge in [0.05, 0.1) is 12.7 Å². The van der Waals surface area contributed by atoms with Crippen LogP contribution in [0.25, 0.3) is 0 Å². The van der Waals surface area contributed by atoms with E-state index >= 15 is 0 Å². The monoisotopic (exact) mass is 289 g/mol. The van der Waals surface area contributed by atoms with Gasteiger partial charge in [0.1, 0.15) is 0 Å². The van der Waals surface area contributed by atoms with E-state index < -0.39 is 17.2 Å². The molecule has 0 aromatic heterocycles. The molecule has 1 amide bonds. The van der Waals surface area contributed by atoms with Crippen molar-refractivity contribution in [1.29, 1.82) is 0 Å². The summed E-state index contributed by atoms with van der Waals surface area (Å²) in [5.41, 5.74) is -0.602. The molecule has 1 rings (SSSR count). The molecular formula is C14H18F3NO2. The molecule has 3 nitrogen and oxygen atoms in total. The molecular weight excluding hydrogens is 271 g/mol. The van der Waals surface area contributed by atoms with Crippen LogP contribution in [0.3, 0.4) is 0 Å². The third-order valence-corrected chi connectivity index (χ3v) is 3.21. The zero-order valence-corrected chi connectivity index (χ0v) is 11.9. The summed E-state index contributed by atoms with van der Waals surface area (Å²) in [6, 6.07) is 4.87. The Bertz CT molecular complexity index is 466. The van der Waals surface area contributed by atoms with Gasteiger partial charge in [-0.1, -0.05) is 26.0 Å². The molecule has 0 spiro atoms. The van der Waals surface area contributed by atoms with E-state index in [4.69, 9.17) is 4.84 Å². The molecule has 0 N–H and O–H groups in total. The Morgan fingerprint density at radius 2 is 1.60 bits per heavy atom. The molecule has 0 heterocycles. The molecule has 0 fully saturated rings. The lowest BCUT2D eigenvalue weighted by molar-refractivity contribution is -0.169. The van der Waals surface area contributed by atoms with E-state index in [1.807, 2.05) is 0 Å². The van der Waals surface area contributed by atoms with Gasteiger partial charge in [-0.2, -0.15) is 13.2 Å². The van der Waals surface area contributed by atoms with Gasteiger partial charge < -0.3 is 0 Å². The van der Waals surface area contributed by atoms with Crippen LogP contribution in [-0.2, 0) is 21.2 Å². The molecule has 0 unspecified atom stereocenters. The van der Waals surface area contributed by atoms with Gasteiger partial charge in [0.25, 0.3) is 0 Å². The van der Waals surface area contributed by atoms with Crippen molar-refractivity contribution in [2.24, 2.45) is 0 Å². The van der Waals surface area contributed by atoms with E-state index in [2.05, 4.69) is 0 Å². The van der Waals surface area contributed by atoms with Gasteiger partial charge in [0.15, 0.2) is 0 Å². The first-order chi connectivity index (χ1) is 9.08. The zero-order chi connectivity index (χ0) is 15.6. The SMILES string of the molecule is CON(C)C(=O)CC(C)(C)c1ccc(C(F)(F)F)cc1. The molecule has 0 aliphatic heterocycles. The summed E-state index contributed by atoms with van der Waals surface area (Å²) in [6.07, 6.45) is -4.21. The predicted molar refractivity (Wildman–Crippen MR) is 68.9 cm³/mol. The number of nitrogens with zero attached hydrogens (tertiary/aromatic N) is 1. The highest BCUT2D eigenvalue weighted by atomic mass is 19.4. The molecule has 0 bridgehead atoms. The van der Waals surface area contributed by atoms with Crippen LogP contribution in [-0.4, -0.2) is 25.1 Å². The minimum Gasteiger partial charge on any atom is -0.275 e. The lowest BCUT2D eigenvalue weighted by Gasteiger charge is -2.27. The highest BCUT2D eigenvalue weighted by Crippen LogP contribution is 2.33. The number of amides is 1. The van der Waals surface area contributed by atoms with Crippen LogP contribution in [0, 0.1) is 0 Å². The van der Waals surface area contributed by atoms with Crippen molar-refractivity contribution in [2.75, 3.05) is 14.2 Å². The van der Waals surface area contributed by atoms with E-state index in [1.165, 1.54) is 26.3 Å². The lowest BCUT2D eigenvalue weighted by Crippen LogP contribution is -2.32. The van der Waals surface area contributed by atoms with Crippen molar-refractivity contribution in [1.82, 2.24) is 5.06 Å².